The summed E-state index contributed by atoms with van der Waals surface area (Å²) in [7, 11) is 1.39. The van der Waals surface area contributed by atoms with Crippen molar-refractivity contribution in [2.75, 3.05) is 31.6 Å². The van der Waals surface area contributed by atoms with E-state index in [9.17, 15) is 14.0 Å². The lowest BCUT2D eigenvalue weighted by atomic mass is 9.61. The summed E-state index contributed by atoms with van der Waals surface area (Å²) < 4.78 is 32.0. The van der Waals surface area contributed by atoms with Gasteiger partial charge in [-0.1, -0.05) is 24.3 Å². The number of carbonyl (C=O) groups excluding carboxylic acids is 2. The lowest BCUT2D eigenvalue weighted by Gasteiger charge is -2.59. The van der Waals surface area contributed by atoms with Crippen LogP contribution in [0.1, 0.15) is 71.0 Å². The van der Waals surface area contributed by atoms with Gasteiger partial charge in [-0.3, -0.25) is 9.69 Å². The normalized spacial score (nSPS) is 16.5. The number of hydrogen-bond acceptors (Lipinski definition) is 9. The summed E-state index contributed by atoms with van der Waals surface area (Å²) in [5.74, 6) is 1.17. The SMILES string of the molecule is CCN(C(=O)c1cc(F)ccc1Oc1cncnc1N1CC2(CC(Oc3cccc4c3CN(Cc3ccc(C(=O)OC)cc3)C4)C2)C1)C(C)C. The molecule has 3 heterocycles. The van der Waals surface area contributed by atoms with Crippen molar-refractivity contribution in [2.45, 2.75) is 65.4 Å². The van der Waals surface area contributed by atoms with E-state index in [1.807, 2.05) is 45.0 Å². The standard InChI is InChI=1S/C39H42FN5O5/c1-5-45(25(2)3)37(46)31-15-29(40)13-14-34(31)50-35-18-41-24-42-36(35)44-22-39(23-44)16-30(17-39)49-33-8-6-7-28-20-43(21-32(28)33)19-26-9-11-27(12-10-26)38(47)48-4/h6-15,18,24-25,30H,5,16-17,19-23H2,1-4H3. The zero-order chi connectivity index (χ0) is 35.0. The van der Waals surface area contributed by atoms with Crippen LogP contribution in [0.15, 0.2) is 73.2 Å². The van der Waals surface area contributed by atoms with E-state index >= 15 is 0 Å². The number of methoxy groups -OCH3 is 1. The fraction of sp³-hybridized carbons (Fsp3) is 0.385. The summed E-state index contributed by atoms with van der Waals surface area (Å²) in [6.07, 6.45) is 5.12. The molecular weight excluding hydrogens is 637 g/mol. The molecule has 10 nitrogen and oxygen atoms in total. The zero-order valence-corrected chi connectivity index (χ0v) is 28.9. The summed E-state index contributed by atoms with van der Waals surface area (Å²) in [5.41, 5.74) is 4.52. The van der Waals surface area contributed by atoms with Crippen LogP contribution in [-0.4, -0.2) is 70.5 Å². The van der Waals surface area contributed by atoms with Gasteiger partial charge in [-0.05, 0) is 81.1 Å². The van der Waals surface area contributed by atoms with Gasteiger partial charge in [0, 0.05) is 56.3 Å². The summed E-state index contributed by atoms with van der Waals surface area (Å²) in [6.45, 7) is 10.3. The van der Waals surface area contributed by atoms with E-state index in [0.717, 1.165) is 56.9 Å². The number of nitrogens with zero attached hydrogens (tertiary/aromatic N) is 5. The molecule has 7 rings (SSSR count). The quantitative estimate of drug-likeness (QED) is 0.162. The van der Waals surface area contributed by atoms with Gasteiger partial charge in [-0.2, -0.15) is 0 Å². The molecule has 0 atom stereocenters. The highest BCUT2D eigenvalue weighted by molar-refractivity contribution is 5.97. The summed E-state index contributed by atoms with van der Waals surface area (Å²) in [6, 6.07) is 17.9. The highest BCUT2D eigenvalue weighted by Gasteiger charge is 2.54. The zero-order valence-electron chi connectivity index (χ0n) is 28.9. The second-order valence-electron chi connectivity index (χ2n) is 13.9. The number of amides is 1. The molecule has 4 aromatic rings. The molecule has 2 aliphatic heterocycles. The minimum absolute atomic E-state index is 0.0469. The minimum atomic E-state index is -0.502. The van der Waals surface area contributed by atoms with Crippen molar-refractivity contribution in [1.82, 2.24) is 19.8 Å². The van der Waals surface area contributed by atoms with Crippen LogP contribution in [0.3, 0.4) is 0 Å². The molecule has 3 aromatic carbocycles. The third-order valence-electron chi connectivity index (χ3n) is 10.0. The van der Waals surface area contributed by atoms with Gasteiger partial charge in [0.15, 0.2) is 11.6 Å². The first kappa shape index (κ1) is 33.5. The number of aromatic nitrogens is 2. The predicted molar refractivity (Wildman–Crippen MR) is 186 cm³/mol. The summed E-state index contributed by atoms with van der Waals surface area (Å²) >= 11 is 0. The number of hydrogen-bond donors (Lipinski definition) is 0. The van der Waals surface area contributed by atoms with Gasteiger partial charge in [-0.25, -0.2) is 19.2 Å². The lowest BCUT2D eigenvalue weighted by Crippen LogP contribution is -2.65. The summed E-state index contributed by atoms with van der Waals surface area (Å²) in [5, 5.41) is 0. The van der Waals surface area contributed by atoms with E-state index < -0.39 is 5.82 Å². The van der Waals surface area contributed by atoms with Crippen molar-refractivity contribution in [3.05, 3.63) is 107 Å². The molecule has 1 aromatic heterocycles. The van der Waals surface area contributed by atoms with E-state index in [-0.39, 0.29) is 40.8 Å². The van der Waals surface area contributed by atoms with Crippen molar-refractivity contribution in [1.29, 1.82) is 0 Å². The fourth-order valence-corrected chi connectivity index (χ4v) is 7.54. The first-order valence-electron chi connectivity index (χ1n) is 17.2. The first-order chi connectivity index (χ1) is 24.1. The van der Waals surface area contributed by atoms with Gasteiger partial charge in [0.2, 0.25) is 0 Å². The van der Waals surface area contributed by atoms with Crippen molar-refractivity contribution in [3.63, 3.8) is 0 Å². The Hall–Kier alpha value is -5.03. The molecule has 0 unspecified atom stereocenters. The minimum Gasteiger partial charge on any atom is -0.490 e. The highest BCUT2D eigenvalue weighted by Crippen LogP contribution is 2.52. The lowest BCUT2D eigenvalue weighted by molar-refractivity contribution is -0.0349. The Labute approximate surface area is 291 Å². The molecule has 2 fully saturated rings. The molecule has 1 amide bonds. The average Bonchev–Trinajstić information content (AvgIpc) is 3.49. The number of anilines is 1. The van der Waals surface area contributed by atoms with E-state index in [1.54, 1.807) is 11.1 Å². The van der Waals surface area contributed by atoms with Gasteiger partial charge in [0.05, 0.1) is 24.4 Å². The first-order valence-corrected chi connectivity index (χ1v) is 17.2. The molecule has 0 radical (unpaired) electrons. The van der Waals surface area contributed by atoms with Crippen LogP contribution in [0.5, 0.6) is 17.2 Å². The maximum atomic E-state index is 14.3. The molecule has 260 valence electrons. The monoisotopic (exact) mass is 679 g/mol. The molecule has 0 bridgehead atoms. The van der Waals surface area contributed by atoms with Crippen LogP contribution in [-0.2, 0) is 24.4 Å². The van der Waals surface area contributed by atoms with Gasteiger partial charge in [0.1, 0.15) is 29.7 Å². The average molecular weight is 680 g/mol. The molecule has 1 spiro atoms. The third-order valence-corrected chi connectivity index (χ3v) is 10.0. The van der Waals surface area contributed by atoms with Gasteiger partial charge >= 0.3 is 5.97 Å². The van der Waals surface area contributed by atoms with E-state index in [2.05, 4.69) is 38.0 Å². The molecular formula is C39H42FN5O5. The largest absolute Gasteiger partial charge is 0.490 e. The molecule has 3 aliphatic rings. The number of fused-ring (bicyclic) bond motifs is 1. The molecule has 1 aliphatic carbocycles. The Bertz CT molecular complexity index is 1890. The van der Waals surface area contributed by atoms with Crippen molar-refractivity contribution in [2.24, 2.45) is 5.41 Å². The van der Waals surface area contributed by atoms with Crippen LogP contribution in [0.4, 0.5) is 10.2 Å². The predicted octanol–water partition coefficient (Wildman–Crippen LogP) is 6.63. The van der Waals surface area contributed by atoms with Crippen molar-refractivity contribution >= 4 is 17.7 Å². The van der Waals surface area contributed by atoms with Crippen molar-refractivity contribution < 1.29 is 28.2 Å². The Morgan fingerprint density at radius 1 is 1.02 bits per heavy atom. The molecule has 1 saturated carbocycles. The number of carbonyl (C=O) groups is 2. The van der Waals surface area contributed by atoms with Crippen molar-refractivity contribution in [3.8, 4) is 17.2 Å². The number of rotatable bonds is 11. The maximum Gasteiger partial charge on any atom is 0.337 e. The Balaban J connectivity index is 0.960. The van der Waals surface area contributed by atoms with Crippen LogP contribution >= 0.6 is 0 Å². The maximum absolute atomic E-state index is 14.3. The number of esters is 1. The van der Waals surface area contributed by atoms with Gasteiger partial charge in [-0.15, -0.1) is 0 Å². The van der Waals surface area contributed by atoms with Crippen LogP contribution in [0.2, 0.25) is 0 Å². The molecule has 0 N–H and O–H groups in total. The number of benzene rings is 3. The third kappa shape index (κ3) is 6.61. The van der Waals surface area contributed by atoms with Crippen LogP contribution < -0.4 is 14.4 Å². The Morgan fingerprint density at radius 3 is 2.52 bits per heavy atom. The van der Waals surface area contributed by atoms with Crippen LogP contribution in [0.25, 0.3) is 0 Å². The summed E-state index contributed by atoms with van der Waals surface area (Å²) in [4.78, 5) is 40.1. The van der Waals surface area contributed by atoms with E-state index in [0.29, 0.717) is 23.7 Å². The molecule has 1 saturated heterocycles. The Morgan fingerprint density at radius 2 is 1.80 bits per heavy atom. The molecule has 11 heteroatoms. The topological polar surface area (TPSA) is 97.3 Å². The highest BCUT2D eigenvalue weighted by atomic mass is 19.1. The Kier molecular flexibility index (Phi) is 9.17. The van der Waals surface area contributed by atoms with Gasteiger partial charge in [0.25, 0.3) is 5.91 Å². The second-order valence-corrected chi connectivity index (χ2v) is 13.9. The van der Waals surface area contributed by atoms with E-state index in [1.165, 1.54) is 42.8 Å². The number of halogens is 1. The van der Waals surface area contributed by atoms with Crippen LogP contribution in [0, 0.1) is 11.2 Å². The number of ether oxygens (including phenoxy) is 3. The molecule has 50 heavy (non-hydrogen) atoms. The second kappa shape index (κ2) is 13.7. The fourth-order valence-electron chi connectivity index (χ4n) is 7.54. The van der Waals surface area contributed by atoms with E-state index in [4.69, 9.17) is 14.2 Å². The van der Waals surface area contributed by atoms with Gasteiger partial charge < -0.3 is 24.0 Å². The smallest absolute Gasteiger partial charge is 0.337 e.